The third-order valence-electron chi connectivity index (χ3n) is 4.38. The summed E-state index contributed by atoms with van der Waals surface area (Å²) in [6.45, 7) is 0. The van der Waals surface area contributed by atoms with Gasteiger partial charge in [-0.3, -0.25) is 4.98 Å². The second-order valence-electron chi connectivity index (χ2n) is 6.24. The van der Waals surface area contributed by atoms with E-state index in [1.165, 1.54) is 6.07 Å². The average Bonchev–Trinajstić information content (AvgIpc) is 3.16. The van der Waals surface area contributed by atoms with Gasteiger partial charge in [-0.25, -0.2) is 4.39 Å². The molecular weight excluding hydrogens is 387 g/mol. The molecular formula is C21H11FN6S. The van der Waals surface area contributed by atoms with E-state index in [-0.39, 0.29) is 5.82 Å². The zero-order chi connectivity index (χ0) is 19.8. The van der Waals surface area contributed by atoms with Gasteiger partial charge in [-0.05, 0) is 48.2 Å². The Kier molecular flexibility index (Phi) is 4.15. The molecule has 0 N–H and O–H groups in total. The maximum atomic E-state index is 14.6. The van der Waals surface area contributed by atoms with E-state index in [2.05, 4.69) is 26.3 Å². The van der Waals surface area contributed by atoms with E-state index in [1.807, 2.05) is 24.3 Å². The maximum Gasteiger partial charge on any atom is 0.217 e. The molecule has 0 aliphatic rings. The standard InChI is InChI=1S/C21H11FN6S/c22-16-11-18-15(5-2-8-24-18)10-19(16)29-21-26-25-20-7-6-17(27-28(20)21)14-4-1-3-13(9-14)12-23/h1-11H. The number of nitrogens with zero attached hydrogens (tertiary/aromatic N) is 6. The number of aromatic nitrogens is 5. The van der Waals surface area contributed by atoms with Crippen LogP contribution < -0.4 is 0 Å². The summed E-state index contributed by atoms with van der Waals surface area (Å²) in [6, 6.07) is 19.8. The highest BCUT2D eigenvalue weighted by molar-refractivity contribution is 7.99. The second-order valence-corrected chi connectivity index (χ2v) is 7.25. The molecule has 8 heteroatoms. The Bertz CT molecular complexity index is 1420. The van der Waals surface area contributed by atoms with Crippen LogP contribution in [0.15, 0.2) is 76.9 Å². The first-order valence-corrected chi connectivity index (χ1v) is 9.48. The zero-order valence-corrected chi connectivity index (χ0v) is 15.6. The zero-order valence-electron chi connectivity index (χ0n) is 14.8. The summed E-state index contributed by atoms with van der Waals surface area (Å²) in [6.07, 6.45) is 1.63. The smallest absolute Gasteiger partial charge is 0.217 e. The van der Waals surface area contributed by atoms with E-state index in [0.717, 1.165) is 22.7 Å². The van der Waals surface area contributed by atoms with Crippen molar-refractivity contribution in [2.75, 3.05) is 0 Å². The minimum absolute atomic E-state index is 0.379. The number of hydrogen-bond acceptors (Lipinski definition) is 6. The number of fused-ring (bicyclic) bond motifs is 2. The predicted molar refractivity (Wildman–Crippen MR) is 107 cm³/mol. The molecule has 0 saturated carbocycles. The van der Waals surface area contributed by atoms with Gasteiger partial charge in [0, 0.05) is 23.2 Å². The summed E-state index contributed by atoms with van der Waals surface area (Å²) in [5, 5.41) is 23.3. The molecule has 0 saturated heterocycles. The first kappa shape index (κ1) is 17.3. The monoisotopic (exact) mass is 398 g/mol. The van der Waals surface area contributed by atoms with Crippen LogP contribution in [0.2, 0.25) is 0 Å². The first-order chi connectivity index (χ1) is 14.2. The average molecular weight is 398 g/mol. The van der Waals surface area contributed by atoms with Gasteiger partial charge in [-0.15, -0.1) is 10.2 Å². The van der Waals surface area contributed by atoms with Crippen LogP contribution >= 0.6 is 11.8 Å². The molecule has 0 aliphatic carbocycles. The molecule has 3 heterocycles. The predicted octanol–water partition coefficient (Wildman–Crippen LogP) is 4.50. The summed E-state index contributed by atoms with van der Waals surface area (Å²) >= 11 is 1.15. The van der Waals surface area contributed by atoms with Gasteiger partial charge in [0.15, 0.2) is 5.65 Å². The summed E-state index contributed by atoms with van der Waals surface area (Å²) in [5.41, 5.74) is 3.17. The lowest BCUT2D eigenvalue weighted by atomic mass is 10.1. The lowest BCUT2D eigenvalue weighted by molar-refractivity contribution is 0.603. The topological polar surface area (TPSA) is 79.8 Å². The molecule has 0 aliphatic heterocycles. The number of pyridine rings is 1. The Hall–Kier alpha value is -3.83. The number of nitriles is 1. The Balaban J connectivity index is 1.57. The molecule has 3 aromatic heterocycles. The molecule has 0 unspecified atom stereocenters. The van der Waals surface area contributed by atoms with Crippen LogP contribution in [0.25, 0.3) is 27.8 Å². The van der Waals surface area contributed by atoms with Crippen molar-refractivity contribution in [1.29, 1.82) is 5.26 Å². The van der Waals surface area contributed by atoms with Gasteiger partial charge in [0.05, 0.1) is 27.7 Å². The lowest BCUT2D eigenvalue weighted by Crippen LogP contribution is -1.97. The molecule has 138 valence electrons. The van der Waals surface area contributed by atoms with Crippen LogP contribution in [0.5, 0.6) is 0 Å². The molecule has 0 fully saturated rings. The Labute approximate surface area is 168 Å². The number of halogens is 1. The normalized spacial score (nSPS) is 11.0. The van der Waals surface area contributed by atoms with Crippen molar-refractivity contribution < 1.29 is 4.39 Å². The van der Waals surface area contributed by atoms with Gasteiger partial charge < -0.3 is 0 Å². The van der Waals surface area contributed by atoms with Crippen molar-refractivity contribution >= 4 is 28.3 Å². The van der Waals surface area contributed by atoms with Gasteiger partial charge in [-0.1, -0.05) is 18.2 Å². The molecule has 5 aromatic rings. The molecule has 2 aromatic carbocycles. The summed E-state index contributed by atoms with van der Waals surface area (Å²) in [7, 11) is 0. The van der Waals surface area contributed by atoms with E-state index in [0.29, 0.717) is 32.5 Å². The molecule has 0 radical (unpaired) electrons. The van der Waals surface area contributed by atoms with Crippen molar-refractivity contribution in [2.45, 2.75) is 10.1 Å². The van der Waals surface area contributed by atoms with Crippen LogP contribution in [0.4, 0.5) is 4.39 Å². The third-order valence-corrected chi connectivity index (χ3v) is 5.35. The Morgan fingerprint density at radius 1 is 1.00 bits per heavy atom. The van der Waals surface area contributed by atoms with Crippen LogP contribution in [0, 0.1) is 17.1 Å². The molecule has 0 amide bonds. The van der Waals surface area contributed by atoms with E-state index in [1.54, 1.807) is 41.0 Å². The van der Waals surface area contributed by atoms with Crippen molar-refractivity contribution in [3.8, 4) is 17.3 Å². The fraction of sp³-hybridized carbons (Fsp3) is 0. The number of rotatable bonds is 3. The molecule has 0 bridgehead atoms. The summed E-state index contributed by atoms with van der Waals surface area (Å²) < 4.78 is 16.1. The Morgan fingerprint density at radius 2 is 1.93 bits per heavy atom. The van der Waals surface area contributed by atoms with E-state index >= 15 is 0 Å². The number of hydrogen-bond donors (Lipinski definition) is 0. The highest BCUT2D eigenvalue weighted by Crippen LogP contribution is 2.31. The molecule has 5 rings (SSSR count). The van der Waals surface area contributed by atoms with Crippen molar-refractivity contribution in [3.63, 3.8) is 0 Å². The Morgan fingerprint density at radius 3 is 2.83 bits per heavy atom. The second kappa shape index (κ2) is 6.96. The van der Waals surface area contributed by atoms with E-state index in [4.69, 9.17) is 5.26 Å². The van der Waals surface area contributed by atoms with Crippen molar-refractivity contribution in [2.24, 2.45) is 0 Å². The van der Waals surface area contributed by atoms with E-state index in [9.17, 15) is 4.39 Å². The minimum atomic E-state index is -0.379. The third kappa shape index (κ3) is 3.17. The van der Waals surface area contributed by atoms with Crippen molar-refractivity contribution in [3.05, 3.63) is 78.2 Å². The summed E-state index contributed by atoms with van der Waals surface area (Å²) in [5.74, 6) is -0.379. The molecule has 0 spiro atoms. The largest absolute Gasteiger partial charge is 0.256 e. The molecule has 0 atom stereocenters. The molecule has 6 nitrogen and oxygen atoms in total. The first-order valence-electron chi connectivity index (χ1n) is 8.66. The van der Waals surface area contributed by atoms with Gasteiger partial charge in [-0.2, -0.15) is 14.9 Å². The van der Waals surface area contributed by atoms with Gasteiger partial charge in [0.1, 0.15) is 5.82 Å². The fourth-order valence-corrected chi connectivity index (χ4v) is 3.83. The van der Waals surface area contributed by atoms with Crippen LogP contribution in [0.3, 0.4) is 0 Å². The highest BCUT2D eigenvalue weighted by Gasteiger charge is 2.14. The number of benzene rings is 2. The maximum absolute atomic E-state index is 14.6. The quantitative estimate of drug-likeness (QED) is 0.445. The lowest BCUT2D eigenvalue weighted by Gasteiger charge is -2.05. The van der Waals surface area contributed by atoms with Crippen molar-refractivity contribution in [1.82, 2.24) is 24.8 Å². The van der Waals surface area contributed by atoms with E-state index < -0.39 is 0 Å². The van der Waals surface area contributed by atoms with Gasteiger partial charge in [0.25, 0.3) is 0 Å². The highest BCUT2D eigenvalue weighted by atomic mass is 32.2. The van der Waals surface area contributed by atoms with Crippen LogP contribution in [0.1, 0.15) is 5.56 Å². The van der Waals surface area contributed by atoms with Crippen LogP contribution in [-0.4, -0.2) is 24.8 Å². The summed E-state index contributed by atoms with van der Waals surface area (Å²) in [4.78, 5) is 4.59. The van der Waals surface area contributed by atoms with Crippen LogP contribution in [-0.2, 0) is 0 Å². The molecule has 29 heavy (non-hydrogen) atoms. The fourth-order valence-electron chi connectivity index (χ4n) is 2.99. The SMILES string of the molecule is N#Cc1cccc(-c2ccc3nnc(Sc4cc5cccnc5cc4F)n3n2)c1. The van der Waals surface area contributed by atoms with Gasteiger partial charge in [0.2, 0.25) is 5.16 Å². The minimum Gasteiger partial charge on any atom is -0.256 e. The van der Waals surface area contributed by atoms with Gasteiger partial charge >= 0.3 is 0 Å².